The van der Waals surface area contributed by atoms with Gasteiger partial charge in [-0.25, -0.2) is 0 Å². The number of guanidine groups is 1. The van der Waals surface area contributed by atoms with Crippen molar-refractivity contribution in [2.75, 3.05) is 20.1 Å². The van der Waals surface area contributed by atoms with Gasteiger partial charge in [-0.05, 0) is 29.9 Å². The second-order valence-electron chi connectivity index (χ2n) is 10.1. The van der Waals surface area contributed by atoms with Crippen molar-refractivity contribution in [1.82, 2.24) is 31.9 Å². The Morgan fingerprint density at radius 3 is 2.24 bits per heavy atom. The molecule has 5 amide bonds. The van der Waals surface area contributed by atoms with E-state index in [2.05, 4.69) is 36.9 Å². The lowest BCUT2D eigenvalue weighted by Crippen LogP contribution is -2.56. The van der Waals surface area contributed by atoms with Gasteiger partial charge in [0, 0.05) is 20.1 Å². The van der Waals surface area contributed by atoms with Gasteiger partial charge in [-0.15, -0.1) is 0 Å². The molecule has 0 fully saturated rings. The minimum Gasteiger partial charge on any atom is -0.481 e. The van der Waals surface area contributed by atoms with E-state index in [1.165, 1.54) is 7.05 Å². The number of rotatable bonds is 7. The molecule has 9 N–H and O–H groups in total. The van der Waals surface area contributed by atoms with Crippen LogP contribution in [-0.4, -0.2) is 84.8 Å². The Hall–Kier alpha value is -4.69. The number of aliphatic carboxylic acids is 1. The number of benzene rings is 1. The molecule has 230 valence electrons. The number of carbonyl (C=O) groups is 6. The molecule has 0 unspecified atom stereocenters. The summed E-state index contributed by atoms with van der Waals surface area (Å²) in [4.78, 5) is 79.9. The van der Waals surface area contributed by atoms with Crippen LogP contribution in [0.5, 0.6) is 0 Å². The number of carboxylic acids is 1. The predicted molar refractivity (Wildman–Crippen MR) is 153 cm³/mol. The summed E-state index contributed by atoms with van der Waals surface area (Å²) in [5.74, 6) is -4.68. The zero-order valence-corrected chi connectivity index (χ0v) is 24.0. The van der Waals surface area contributed by atoms with E-state index < -0.39 is 66.6 Å². The number of hydrogen-bond donors (Lipinski definition) is 8. The second-order valence-corrected chi connectivity index (χ2v) is 10.1. The van der Waals surface area contributed by atoms with E-state index in [9.17, 15) is 33.9 Å². The number of amides is 5. The first kappa shape index (κ1) is 33.5. The molecule has 15 nitrogen and oxygen atoms in total. The van der Waals surface area contributed by atoms with E-state index in [0.29, 0.717) is 24.1 Å². The van der Waals surface area contributed by atoms with Gasteiger partial charge in [0.25, 0.3) is 0 Å². The predicted octanol–water partition coefficient (Wildman–Crippen LogP) is -2.13. The van der Waals surface area contributed by atoms with Crippen molar-refractivity contribution in [2.24, 2.45) is 16.6 Å². The molecule has 42 heavy (non-hydrogen) atoms. The van der Waals surface area contributed by atoms with E-state index >= 15 is 0 Å². The molecular formula is C27H40N8O7. The Kier molecular flexibility index (Phi) is 13.2. The Balaban J connectivity index is 2.35. The van der Waals surface area contributed by atoms with Crippen molar-refractivity contribution in [3.05, 3.63) is 35.4 Å². The molecule has 3 atom stereocenters. The highest BCUT2D eigenvalue weighted by molar-refractivity contribution is 5.95. The first-order valence-electron chi connectivity index (χ1n) is 13.6. The number of nitrogens with two attached hydrogens (primary N) is 1. The zero-order valence-electron chi connectivity index (χ0n) is 24.0. The summed E-state index contributed by atoms with van der Waals surface area (Å²) in [7, 11) is 1.51. The minimum absolute atomic E-state index is 0.0363. The molecule has 0 radical (unpaired) electrons. The highest BCUT2D eigenvalue weighted by Gasteiger charge is 2.30. The molecule has 0 spiro atoms. The number of nitrogens with one attached hydrogen (secondary N) is 6. The minimum atomic E-state index is -1.42. The summed E-state index contributed by atoms with van der Waals surface area (Å²) in [5.41, 5.74) is 6.81. The molecule has 1 aliphatic heterocycles. The topological polar surface area (TPSA) is 233 Å². The molecule has 15 heteroatoms. The Morgan fingerprint density at radius 2 is 1.60 bits per heavy atom. The number of aliphatic imine (C=N–C) groups is 1. The van der Waals surface area contributed by atoms with Crippen molar-refractivity contribution in [3.8, 4) is 0 Å². The Morgan fingerprint density at radius 1 is 0.952 bits per heavy atom. The van der Waals surface area contributed by atoms with Crippen molar-refractivity contribution in [3.63, 3.8) is 0 Å². The summed E-state index contributed by atoms with van der Waals surface area (Å²) in [6.07, 6.45) is -0.258. The third kappa shape index (κ3) is 11.1. The lowest BCUT2D eigenvalue weighted by molar-refractivity contribution is -0.140. The monoisotopic (exact) mass is 588 g/mol. The van der Waals surface area contributed by atoms with E-state index in [4.69, 9.17) is 5.73 Å². The lowest BCUT2D eigenvalue weighted by Gasteiger charge is -2.26. The number of carboxylic acid groups (broad SMARTS) is 1. The van der Waals surface area contributed by atoms with Crippen molar-refractivity contribution in [1.29, 1.82) is 0 Å². The number of carbonyl (C=O) groups excluding carboxylic acids is 5. The van der Waals surface area contributed by atoms with Gasteiger partial charge < -0.3 is 42.7 Å². The van der Waals surface area contributed by atoms with Gasteiger partial charge in [-0.3, -0.25) is 33.8 Å². The molecule has 0 saturated carbocycles. The van der Waals surface area contributed by atoms with Gasteiger partial charge in [0.15, 0.2) is 5.96 Å². The summed E-state index contributed by atoms with van der Waals surface area (Å²) in [6, 6.07) is 3.39. The van der Waals surface area contributed by atoms with Crippen molar-refractivity contribution in [2.45, 2.75) is 64.2 Å². The summed E-state index contributed by atoms with van der Waals surface area (Å²) >= 11 is 0. The molecular weight excluding hydrogens is 548 g/mol. The third-order valence-corrected chi connectivity index (χ3v) is 6.49. The molecule has 0 bridgehead atoms. The van der Waals surface area contributed by atoms with Gasteiger partial charge >= 0.3 is 5.97 Å². The van der Waals surface area contributed by atoms with Gasteiger partial charge in [-0.1, -0.05) is 38.1 Å². The number of nitrogens with zero attached hydrogens (tertiary/aromatic N) is 1. The highest BCUT2D eigenvalue weighted by Crippen LogP contribution is 2.12. The van der Waals surface area contributed by atoms with E-state index in [-0.39, 0.29) is 31.3 Å². The van der Waals surface area contributed by atoms with Gasteiger partial charge in [0.2, 0.25) is 29.5 Å². The number of fused-ring (bicyclic) bond motifs is 1. The molecule has 1 aromatic rings. The fourth-order valence-electron chi connectivity index (χ4n) is 4.19. The van der Waals surface area contributed by atoms with E-state index in [1.54, 1.807) is 38.1 Å². The Bertz CT molecular complexity index is 1190. The van der Waals surface area contributed by atoms with Crippen LogP contribution in [-0.2, 0) is 41.7 Å². The SMILES string of the molecule is CN=C(N)NCCC[C@@H]1NC(=O)[C@@H](C(C)C)NC(=O)Cc2ccccc2CNC(=O)[C@H](CC(=O)O)NC(=O)CNC1=O. The quantitative estimate of drug-likeness (QED) is 0.0986. The summed E-state index contributed by atoms with van der Waals surface area (Å²) < 4.78 is 0. The average molecular weight is 589 g/mol. The lowest BCUT2D eigenvalue weighted by atomic mass is 10.00. The molecule has 0 saturated heterocycles. The first-order valence-corrected chi connectivity index (χ1v) is 13.6. The summed E-state index contributed by atoms with van der Waals surface area (Å²) in [6.45, 7) is 3.24. The maximum Gasteiger partial charge on any atom is 0.305 e. The third-order valence-electron chi connectivity index (χ3n) is 6.49. The average Bonchev–Trinajstić information content (AvgIpc) is 2.94. The van der Waals surface area contributed by atoms with Crippen LogP contribution in [0.1, 0.15) is 44.2 Å². The van der Waals surface area contributed by atoms with Crippen LogP contribution in [0.2, 0.25) is 0 Å². The molecule has 1 aromatic carbocycles. The fraction of sp³-hybridized carbons (Fsp3) is 0.519. The molecule has 2 rings (SSSR count). The standard InChI is InChI=1S/C27H40N8O7/c1-15(2)23-26(42)34-18(9-6-10-30-27(28)29-3)24(40)32-14-21(37)33-19(12-22(38)39)25(41)31-13-17-8-5-4-7-16(17)11-20(36)35-23/h4-5,7-8,15,18-19,23H,6,9-14H2,1-3H3,(H,31,41)(H,32,40)(H,33,37)(H,34,42)(H,35,36)(H,38,39)(H3,28,29,30)/t18-,19-,23+/m0/s1. The van der Waals surface area contributed by atoms with Crippen LogP contribution in [0.3, 0.4) is 0 Å². The van der Waals surface area contributed by atoms with Crippen LogP contribution in [0.4, 0.5) is 0 Å². The summed E-state index contributed by atoms with van der Waals surface area (Å²) in [5, 5.41) is 24.9. The molecule has 1 aliphatic rings. The zero-order chi connectivity index (χ0) is 31.2. The van der Waals surface area contributed by atoms with Gasteiger partial charge in [-0.2, -0.15) is 0 Å². The maximum absolute atomic E-state index is 13.3. The highest BCUT2D eigenvalue weighted by atomic mass is 16.4. The van der Waals surface area contributed by atoms with Gasteiger partial charge in [0.1, 0.15) is 18.1 Å². The van der Waals surface area contributed by atoms with Crippen LogP contribution in [0, 0.1) is 5.92 Å². The van der Waals surface area contributed by atoms with Crippen LogP contribution < -0.4 is 37.6 Å². The largest absolute Gasteiger partial charge is 0.481 e. The van der Waals surface area contributed by atoms with E-state index in [0.717, 1.165) is 0 Å². The first-order chi connectivity index (χ1) is 19.9. The van der Waals surface area contributed by atoms with Crippen molar-refractivity contribution >= 4 is 41.5 Å². The van der Waals surface area contributed by atoms with Gasteiger partial charge in [0.05, 0.1) is 19.4 Å². The normalized spacial score (nSPS) is 21.5. The maximum atomic E-state index is 13.3. The van der Waals surface area contributed by atoms with Crippen LogP contribution in [0.15, 0.2) is 29.3 Å². The smallest absolute Gasteiger partial charge is 0.305 e. The second kappa shape index (κ2) is 16.5. The van der Waals surface area contributed by atoms with E-state index in [1.807, 2.05) is 0 Å². The number of hydrogen-bond acceptors (Lipinski definition) is 7. The van der Waals surface area contributed by atoms with Crippen LogP contribution in [0.25, 0.3) is 0 Å². The van der Waals surface area contributed by atoms with Crippen LogP contribution >= 0.6 is 0 Å². The fourth-order valence-corrected chi connectivity index (χ4v) is 4.19. The van der Waals surface area contributed by atoms with Crippen molar-refractivity contribution < 1.29 is 33.9 Å². The Labute approximate surface area is 243 Å². The molecule has 0 aliphatic carbocycles. The molecule has 0 aromatic heterocycles. The molecule has 1 heterocycles.